The van der Waals surface area contributed by atoms with Crippen molar-refractivity contribution < 1.29 is 14.1 Å². The molecule has 1 aliphatic heterocycles. The number of nitrogens with one attached hydrogen (secondary N) is 1. The van der Waals surface area contributed by atoms with E-state index in [1.807, 2.05) is 6.92 Å². The average molecular weight is 332 g/mol. The summed E-state index contributed by atoms with van der Waals surface area (Å²) in [4.78, 5) is 32.3. The number of aryl methyl sites for hydroxylation is 1. The minimum absolute atomic E-state index is 0.0688. The second kappa shape index (κ2) is 7.39. The van der Waals surface area contributed by atoms with E-state index in [-0.39, 0.29) is 23.1 Å². The zero-order valence-corrected chi connectivity index (χ0v) is 13.5. The summed E-state index contributed by atoms with van der Waals surface area (Å²) in [7, 11) is 0. The zero-order valence-electron chi connectivity index (χ0n) is 13.5. The molecule has 3 rings (SSSR count). The van der Waals surface area contributed by atoms with Gasteiger partial charge in [0.1, 0.15) is 0 Å². The van der Waals surface area contributed by atoms with E-state index in [9.17, 15) is 9.59 Å². The molecule has 1 unspecified atom stereocenters. The van der Waals surface area contributed by atoms with E-state index in [0.717, 1.165) is 12.1 Å². The van der Waals surface area contributed by atoms with Crippen molar-refractivity contribution >= 4 is 5.91 Å². The lowest BCUT2D eigenvalue weighted by molar-refractivity contribution is 0.0695. The Kier molecular flexibility index (Phi) is 5.05. The van der Waals surface area contributed by atoms with Gasteiger partial charge >= 0.3 is 0 Å². The first-order chi connectivity index (χ1) is 11.7. The maximum Gasteiger partial charge on any atom is 0.292 e. The first kappa shape index (κ1) is 16.4. The third-order valence-corrected chi connectivity index (χ3v) is 3.99. The lowest BCUT2D eigenvalue weighted by Crippen LogP contribution is -2.36. The number of aromatic amines is 1. The maximum atomic E-state index is 12.6. The highest BCUT2D eigenvalue weighted by Crippen LogP contribution is 2.15. The number of carbonyl (C=O) groups excluding carboxylic acids is 1. The SMILES string of the molecule is CCc1cc(C(=O)N2CCOCC(Cc3cc(=O)[nH]cn3)C2)on1. The largest absolute Gasteiger partial charge is 0.379 e. The molecule has 1 atom stereocenters. The van der Waals surface area contributed by atoms with E-state index in [2.05, 4.69) is 15.1 Å². The normalized spacial score (nSPS) is 18.4. The molecule has 8 nitrogen and oxygen atoms in total. The van der Waals surface area contributed by atoms with Gasteiger partial charge in [-0.05, 0) is 12.8 Å². The predicted octanol–water partition coefficient (Wildman–Crippen LogP) is 0.652. The van der Waals surface area contributed by atoms with Crippen LogP contribution < -0.4 is 5.56 Å². The number of hydrogen-bond acceptors (Lipinski definition) is 6. The molecule has 0 spiro atoms. The van der Waals surface area contributed by atoms with Crippen LogP contribution in [0.3, 0.4) is 0 Å². The minimum Gasteiger partial charge on any atom is -0.379 e. The molecule has 0 aromatic carbocycles. The number of carbonyl (C=O) groups is 1. The highest BCUT2D eigenvalue weighted by atomic mass is 16.5. The van der Waals surface area contributed by atoms with Crippen LogP contribution in [0.5, 0.6) is 0 Å². The van der Waals surface area contributed by atoms with Crippen molar-refractivity contribution in [3.63, 3.8) is 0 Å². The smallest absolute Gasteiger partial charge is 0.292 e. The standard InChI is InChI=1S/C16H20N4O4/c1-2-12-6-14(24-19-12)16(22)20-3-4-23-9-11(8-20)5-13-7-15(21)18-10-17-13/h6-7,10-11H,2-5,8-9H2,1H3,(H,17,18,21). The molecule has 2 aromatic heterocycles. The fraction of sp³-hybridized carbons (Fsp3) is 0.500. The topological polar surface area (TPSA) is 101 Å². The quantitative estimate of drug-likeness (QED) is 0.882. The molecule has 1 N–H and O–H groups in total. The van der Waals surface area contributed by atoms with Crippen molar-refractivity contribution in [1.29, 1.82) is 0 Å². The van der Waals surface area contributed by atoms with E-state index in [1.54, 1.807) is 11.0 Å². The van der Waals surface area contributed by atoms with E-state index in [1.165, 1.54) is 12.4 Å². The van der Waals surface area contributed by atoms with E-state index in [0.29, 0.717) is 38.4 Å². The van der Waals surface area contributed by atoms with Gasteiger partial charge in [0.15, 0.2) is 0 Å². The third-order valence-electron chi connectivity index (χ3n) is 3.99. The number of rotatable bonds is 4. The Bertz CT molecular complexity index is 754. The fourth-order valence-corrected chi connectivity index (χ4v) is 2.74. The highest BCUT2D eigenvalue weighted by molar-refractivity contribution is 5.91. The molecular formula is C16H20N4O4. The lowest BCUT2D eigenvalue weighted by atomic mass is 10.0. The Hall–Kier alpha value is -2.48. The van der Waals surface area contributed by atoms with Crippen LogP contribution in [0.25, 0.3) is 0 Å². The summed E-state index contributed by atoms with van der Waals surface area (Å²) in [6.07, 6.45) is 2.68. The maximum absolute atomic E-state index is 12.6. The molecule has 24 heavy (non-hydrogen) atoms. The summed E-state index contributed by atoms with van der Waals surface area (Å²) in [6.45, 7) is 3.97. The number of nitrogens with zero attached hydrogens (tertiary/aromatic N) is 3. The van der Waals surface area contributed by atoms with Crippen LogP contribution in [-0.2, 0) is 17.6 Å². The number of aromatic nitrogens is 3. The summed E-state index contributed by atoms with van der Waals surface area (Å²) in [6, 6.07) is 3.16. The molecule has 3 heterocycles. The summed E-state index contributed by atoms with van der Waals surface area (Å²) in [5.74, 6) is 0.137. The van der Waals surface area contributed by atoms with Crippen LogP contribution in [0.4, 0.5) is 0 Å². The van der Waals surface area contributed by atoms with Crippen LogP contribution >= 0.6 is 0 Å². The molecule has 1 saturated heterocycles. The predicted molar refractivity (Wildman–Crippen MR) is 84.7 cm³/mol. The average Bonchev–Trinajstić information content (AvgIpc) is 2.94. The Morgan fingerprint density at radius 3 is 3.04 bits per heavy atom. The third kappa shape index (κ3) is 3.88. The van der Waals surface area contributed by atoms with Crippen LogP contribution in [0.1, 0.15) is 28.9 Å². The summed E-state index contributed by atoms with van der Waals surface area (Å²) >= 11 is 0. The molecule has 0 bridgehead atoms. The monoisotopic (exact) mass is 332 g/mol. The molecule has 0 radical (unpaired) electrons. The Labute approximate surface area is 138 Å². The Morgan fingerprint density at radius 2 is 2.29 bits per heavy atom. The van der Waals surface area contributed by atoms with Crippen molar-refractivity contribution in [3.05, 3.63) is 46.0 Å². The van der Waals surface area contributed by atoms with E-state index >= 15 is 0 Å². The van der Waals surface area contributed by atoms with E-state index < -0.39 is 0 Å². The lowest BCUT2D eigenvalue weighted by Gasteiger charge is -2.22. The second-order valence-electron chi connectivity index (χ2n) is 5.83. The van der Waals surface area contributed by atoms with Crippen LogP contribution in [-0.4, -0.2) is 52.2 Å². The summed E-state index contributed by atoms with van der Waals surface area (Å²) < 4.78 is 10.7. The molecule has 0 saturated carbocycles. The van der Waals surface area contributed by atoms with Crippen LogP contribution in [0.2, 0.25) is 0 Å². The number of amides is 1. The van der Waals surface area contributed by atoms with Gasteiger partial charge in [0, 0.05) is 36.8 Å². The van der Waals surface area contributed by atoms with Crippen molar-refractivity contribution in [2.75, 3.05) is 26.3 Å². The van der Waals surface area contributed by atoms with Gasteiger partial charge in [0.25, 0.3) is 11.5 Å². The van der Waals surface area contributed by atoms with Gasteiger partial charge in [-0.25, -0.2) is 4.98 Å². The van der Waals surface area contributed by atoms with E-state index in [4.69, 9.17) is 9.26 Å². The van der Waals surface area contributed by atoms with Crippen LogP contribution in [0.15, 0.2) is 27.8 Å². The molecule has 2 aromatic rings. The van der Waals surface area contributed by atoms with Gasteiger partial charge in [-0.1, -0.05) is 12.1 Å². The molecule has 128 valence electrons. The highest BCUT2D eigenvalue weighted by Gasteiger charge is 2.26. The molecule has 1 aliphatic rings. The van der Waals surface area contributed by atoms with Crippen molar-refractivity contribution in [2.45, 2.75) is 19.8 Å². The number of H-pyrrole nitrogens is 1. The van der Waals surface area contributed by atoms with Gasteiger partial charge in [-0.15, -0.1) is 0 Å². The first-order valence-corrected chi connectivity index (χ1v) is 8.02. The molecule has 8 heteroatoms. The number of hydrogen-bond donors (Lipinski definition) is 1. The molecule has 0 aliphatic carbocycles. The fourth-order valence-electron chi connectivity index (χ4n) is 2.74. The van der Waals surface area contributed by atoms with Crippen LogP contribution in [0, 0.1) is 5.92 Å². The molecular weight excluding hydrogens is 312 g/mol. The Balaban J connectivity index is 1.70. The number of ether oxygens (including phenoxy) is 1. The second-order valence-corrected chi connectivity index (χ2v) is 5.83. The summed E-state index contributed by atoms with van der Waals surface area (Å²) in [5.41, 5.74) is 1.26. The zero-order chi connectivity index (χ0) is 16.9. The molecule has 1 fully saturated rings. The summed E-state index contributed by atoms with van der Waals surface area (Å²) in [5, 5.41) is 3.87. The first-order valence-electron chi connectivity index (χ1n) is 8.02. The van der Waals surface area contributed by atoms with Crippen molar-refractivity contribution in [1.82, 2.24) is 20.0 Å². The minimum atomic E-state index is -0.184. The van der Waals surface area contributed by atoms with Gasteiger partial charge in [-0.3, -0.25) is 9.59 Å². The van der Waals surface area contributed by atoms with Gasteiger partial charge < -0.3 is 19.1 Å². The van der Waals surface area contributed by atoms with Gasteiger partial charge in [0.2, 0.25) is 5.76 Å². The molecule has 1 amide bonds. The van der Waals surface area contributed by atoms with Crippen molar-refractivity contribution in [3.8, 4) is 0 Å². The van der Waals surface area contributed by atoms with Gasteiger partial charge in [0.05, 0.1) is 25.2 Å². The Morgan fingerprint density at radius 1 is 1.42 bits per heavy atom. The van der Waals surface area contributed by atoms with Gasteiger partial charge in [-0.2, -0.15) is 0 Å². The van der Waals surface area contributed by atoms with Crippen molar-refractivity contribution in [2.24, 2.45) is 5.92 Å².